The number of carbonyl (C=O) groups excluding carboxylic acids is 2. The van der Waals surface area contributed by atoms with Crippen molar-refractivity contribution >= 4 is 23.7 Å². The van der Waals surface area contributed by atoms with Gasteiger partial charge in [0.05, 0.1) is 5.02 Å². The van der Waals surface area contributed by atoms with Gasteiger partial charge in [-0.15, -0.1) is 0 Å². The maximum Gasteiger partial charge on any atom is 0.199 e. The zero-order valence-electron chi connectivity index (χ0n) is 9.90. The number of benzene rings is 2. The van der Waals surface area contributed by atoms with E-state index in [4.69, 9.17) is 11.6 Å². The zero-order chi connectivity index (χ0) is 13.8. The molecule has 0 bridgehead atoms. The van der Waals surface area contributed by atoms with E-state index in [1.165, 1.54) is 12.1 Å². The van der Waals surface area contributed by atoms with Gasteiger partial charge in [0.1, 0.15) is 5.82 Å². The lowest BCUT2D eigenvalue weighted by molar-refractivity contribution is -0.129. The second-order valence-electron chi connectivity index (χ2n) is 4.09. The van der Waals surface area contributed by atoms with Crippen molar-refractivity contribution in [2.75, 3.05) is 0 Å². The van der Waals surface area contributed by atoms with Crippen molar-refractivity contribution in [2.45, 2.75) is 6.42 Å². The van der Waals surface area contributed by atoms with Crippen LogP contribution in [-0.4, -0.2) is 12.1 Å². The number of ketones is 1. The molecular formula is C15H10ClFO2. The summed E-state index contributed by atoms with van der Waals surface area (Å²) in [6.07, 6.45) is 0.390. The summed E-state index contributed by atoms with van der Waals surface area (Å²) in [5, 5.41) is 0.0805. The van der Waals surface area contributed by atoms with Crippen LogP contribution in [0, 0.1) is 5.82 Å². The van der Waals surface area contributed by atoms with Crippen molar-refractivity contribution in [3.8, 4) is 11.1 Å². The van der Waals surface area contributed by atoms with Crippen molar-refractivity contribution in [1.82, 2.24) is 0 Å². The first-order chi connectivity index (χ1) is 9.10. The van der Waals surface area contributed by atoms with Crippen LogP contribution in [-0.2, 0) is 16.0 Å². The minimum atomic E-state index is -0.473. The molecule has 0 atom stereocenters. The maximum absolute atomic E-state index is 13.3. The Hall–Kier alpha value is -2.00. The van der Waals surface area contributed by atoms with Crippen LogP contribution in [0.15, 0.2) is 42.5 Å². The molecule has 0 saturated carbocycles. The fourth-order valence-corrected chi connectivity index (χ4v) is 1.85. The predicted molar refractivity (Wildman–Crippen MR) is 71.6 cm³/mol. The van der Waals surface area contributed by atoms with E-state index in [9.17, 15) is 14.0 Å². The third-order valence-electron chi connectivity index (χ3n) is 2.72. The normalized spacial score (nSPS) is 10.2. The van der Waals surface area contributed by atoms with Crippen LogP contribution in [0.25, 0.3) is 11.1 Å². The minimum absolute atomic E-state index is 0.0805. The van der Waals surface area contributed by atoms with E-state index in [-0.39, 0.29) is 11.4 Å². The third-order valence-corrected chi connectivity index (χ3v) is 3.02. The molecular weight excluding hydrogens is 267 g/mol. The molecule has 2 aromatic carbocycles. The van der Waals surface area contributed by atoms with Gasteiger partial charge in [-0.25, -0.2) is 4.39 Å². The van der Waals surface area contributed by atoms with Crippen LogP contribution in [0.4, 0.5) is 4.39 Å². The molecule has 0 heterocycles. The van der Waals surface area contributed by atoms with Crippen LogP contribution in [0.3, 0.4) is 0 Å². The highest BCUT2D eigenvalue weighted by Crippen LogP contribution is 2.24. The molecule has 96 valence electrons. The molecule has 0 amide bonds. The fourth-order valence-electron chi connectivity index (χ4n) is 1.73. The Morgan fingerprint density at radius 2 is 1.74 bits per heavy atom. The SMILES string of the molecule is O=CC(=O)Cc1ccc(-c2ccc(Cl)c(F)c2)cc1. The van der Waals surface area contributed by atoms with Gasteiger partial charge in [0.25, 0.3) is 0 Å². The molecule has 0 radical (unpaired) electrons. The van der Waals surface area contributed by atoms with E-state index in [1.807, 2.05) is 0 Å². The summed E-state index contributed by atoms with van der Waals surface area (Å²) in [5.41, 5.74) is 2.27. The molecule has 0 aromatic heterocycles. The molecule has 0 N–H and O–H groups in total. The van der Waals surface area contributed by atoms with E-state index in [0.29, 0.717) is 11.8 Å². The molecule has 0 aliphatic heterocycles. The van der Waals surface area contributed by atoms with Gasteiger partial charge in [0.2, 0.25) is 0 Å². The Balaban J connectivity index is 2.24. The minimum Gasteiger partial charge on any atom is -0.295 e. The van der Waals surface area contributed by atoms with Gasteiger partial charge in [-0.3, -0.25) is 9.59 Å². The quantitative estimate of drug-likeness (QED) is 0.633. The zero-order valence-corrected chi connectivity index (χ0v) is 10.7. The van der Waals surface area contributed by atoms with Crippen LogP contribution >= 0.6 is 11.6 Å². The highest BCUT2D eigenvalue weighted by atomic mass is 35.5. The van der Waals surface area contributed by atoms with E-state index < -0.39 is 11.6 Å². The average molecular weight is 277 g/mol. The second kappa shape index (κ2) is 5.76. The topological polar surface area (TPSA) is 34.1 Å². The lowest BCUT2D eigenvalue weighted by Gasteiger charge is -2.04. The second-order valence-corrected chi connectivity index (χ2v) is 4.49. The van der Waals surface area contributed by atoms with E-state index in [0.717, 1.165) is 11.1 Å². The summed E-state index contributed by atoms with van der Waals surface area (Å²) in [7, 11) is 0. The Morgan fingerprint density at radius 3 is 2.32 bits per heavy atom. The van der Waals surface area contributed by atoms with Crippen LogP contribution in [0.5, 0.6) is 0 Å². The van der Waals surface area contributed by atoms with Crippen molar-refractivity contribution < 1.29 is 14.0 Å². The highest BCUT2D eigenvalue weighted by Gasteiger charge is 2.05. The Bertz CT molecular complexity index is 621. The van der Waals surface area contributed by atoms with Crippen molar-refractivity contribution in [2.24, 2.45) is 0 Å². The number of aldehydes is 1. The number of Topliss-reactive ketones (excluding diaryl/α,β-unsaturated/α-hetero) is 1. The molecule has 0 fully saturated rings. The molecule has 2 rings (SSSR count). The first-order valence-corrected chi connectivity index (χ1v) is 6.00. The molecule has 0 aliphatic rings. The van der Waals surface area contributed by atoms with Crippen LogP contribution < -0.4 is 0 Å². The number of hydrogen-bond donors (Lipinski definition) is 0. The molecule has 19 heavy (non-hydrogen) atoms. The van der Waals surface area contributed by atoms with E-state index in [2.05, 4.69) is 0 Å². The maximum atomic E-state index is 13.3. The van der Waals surface area contributed by atoms with E-state index >= 15 is 0 Å². The lowest BCUT2D eigenvalue weighted by Crippen LogP contribution is -2.02. The summed E-state index contributed by atoms with van der Waals surface area (Å²) in [6.45, 7) is 0. The van der Waals surface area contributed by atoms with Crippen LogP contribution in [0.1, 0.15) is 5.56 Å². The van der Waals surface area contributed by atoms with Gasteiger partial charge >= 0.3 is 0 Å². The van der Waals surface area contributed by atoms with Crippen molar-refractivity contribution in [3.05, 3.63) is 58.9 Å². The average Bonchev–Trinajstić information content (AvgIpc) is 2.42. The first kappa shape index (κ1) is 13.4. The van der Waals surface area contributed by atoms with Gasteiger partial charge in [-0.1, -0.05) is 41.9 Å². The third kappa shape index (κ3) is 3.26. The lowest BCUT2D eigenvalue weighted by atomic mass is 10.0. The summed E-state index contributed by atoms with van der Waals surface area (Å²) in [5.74, 6) is -0.940. The molecule has 0 unspecified atom stereocenters. The molecule has 2 aromatic rings. The van der Waals surface area contributed by atoms with E-state index in [1.54, 1.807) is 30.3 Å². The standard InChI is InChI=1S/C15H10ClFO2/c16-14-6-5-12(8-15(14)17)11-3-1-10(2-4-11)7-13(19)9-18/h1-6,8-9H,7H2. The van der Waals surface area contributed by atoms with Crippen LogP contribution in [0.2, 0.25) is 5.02 Å². The monoisotopic (exact) mass is 276 g/mol. The van der Waals surface area contributed by atoms with Gasteiger partial charge < -0.3 is 0 Å². The smallest absolute Gasteiger partial charge is 0.199 e. The molecule has 0 aliphatic carbocycles. The summed E-state index contributed by atoms with van der Waals surface area (Å²) >= 11 is 5.62. The van der Waals surface area contributed by atoms with Gasteiger partial charge in [0.15, 0.2) is 12.1 Å². The van der Waals surface area contributed by atoms with Gasteiger partial charge in [0, 0.05) is 6.42 Å². The molecule has 4 heteroatoms. The van der Waals surface area contributed by atoms with Crippen molar-refractivity contribution in [3.63, 3.8) is 0 Å². The van der Waals surface area contributed by atoms with Gasteiger partial charge in [-0.05, 0) is 28.8 Å². The Labute approximate surface area is 114 Å². The predicted octanol–water partition coefficient (Wildman–Crippen LogP) is 3.46. The largest absolute Gasteiger partial charge is 0.295 e. The summed E-state index contributed by atoms with van der Waals surface area (Å²) in [6, 6.07) is 11.6. The molecule has 0 spiro atoms. The molecule has 2 nitrogen and oxygen atoms in total. The fraction of sp³-hybridized carbons (Fsp3) is 0.0667. The highest BCUT2D eigenvalue weighted by molar-refractivity contribution is 6.30. The number of halogens is 2. The molecule has 0 saturated heterocycles. The Morgan fingerprint density at radius 1 is 1.11 bits per heavy atom. The first-order valence-electron chi connectivity index (χ1n) is 5.62. The Kier molecular flexibility index (Phi) is 4.07. The van der Waals surface area contributed by atoms with Gasteiger partial charge in [-0.2, -0.15) is 0 Å². The summed E-state index contributed by atoms with van der Waals surface area (Å²) < 4.78 is 13.3. The number of hydrogen-bond acceptors (Lipinski definition) is 2. The number of carbonyl (C=O) groups is 2. The number of rotatable bonds is 4. The van der Waals surface area contributed by atoms with Crippen molar-refractivity contribution in [1.29, 1.82) is 0 Å². The summed E-state index contributed by atoms with van der Waals surface area (Å²) in [4.78, 5) is 21.2.